The van der Waals surface area contributed by atoms with Crippen LogP contribution in [0.4, 0.5) is 0 Å². The third kappa shape index (κ3) is 17.6. The molecule has 0 spiro atoms. The summed E-state index contributed by atoms with van der Waals surface area (Å²) < 4.78 is 4.99. The highest BCUT2D eigenvalue weighted by atomic mass is 16.5. The van der Waals surface area contributed by atoms with Crippen LogP contribution in [-0.2, 0) is 14.3 Å². The highest BCUT2D eigenvalue weighted by Gasteiger charge is 2.22. The molecule has 0 bridgehead atoms. The number of unbranched alkanes of at least 4 members (excludes halogenated alkanes) is 10. The number of ether oxygens (including phenoxy) is 1. The van der Waals surface area contributed by atoms with Crippen LogP contribution in [0.25, 0.3) is 0 Å². The minimum atomic E-state index is -0.962. The Morgan fingerprint density at radius 1 is 0.926 bits per heavy atom. The maximum atomic E-state index is 11.9. The average Bonchev–Trinajstić information content (AvgIpc) is 2.65. The molecule has 0 radical (unpaired) electrons. The molecule has 4 heteroatoms. The molecule has 0 aliphatic rings. The van der Waals surface area contributed by atoms with Crippen molar-refractivity contribution in [2.75, 3.05) is 6.61 Å². The summed E-state index contributed by atoms with van der Waals surface area (Å²) >= 11 is 0. The fraction of sp³-hybridized carbons (Fsp3) is 0.739. The molecule has 0 aromatic carbocycles. The van der Waals surface area contributed by atoms with Gasteiger partial charge in [-0.25, -0.2) is 0 Å². The number of esters is 1. The Hall–Kier alpha value is -1.58. The number of carboxylic acid groups (broad SMARTS) is 1. The number of rotatable bonds is 19. The molecule has 1 atom stereocenters. The Bertz CT molecular complexity index is 415. The summed E-state index contributed by atoms with van der Waals surface area (Å²) in [4.78, 5) is 22.7. The maximum absolute atomic E-state index is 11.9. The minimum absolute atomic E-state index is 0.133. The van der Waals surface area contributed by atoms with Gasteiger partial charge in [0, 0.05) is 0 Å². The van der Waals surface area contributed by atoms with Gasteiger partial charge in [-0.2, -0.15) is 0 Å². The number of hydrogen-bond donors (Lipinski definition) is 1. The van der Waals surface area contributed by atoms with E-state index < -0.39 is 17.9 Å². The normalized spacial score (nSPS) is 12.2. The van der Waals surface area contributed by atoms with E-state index in [4.69, 9.17) is 9.84 Å². The number of carboxylic acids is 1. The van der Waals surface area contributed by atoms with E-state index in [1.54, 1.807) is 0 Å². The van der Waals surface area contributed by atoms with Crippen molar-refractivity contribution >= 4 is 11.9 Å². The highest BCUT2D eigenvalue weighted by Crippen LogP contribution is 2.16. The summed E-state index contributed by atoms with van der Waals surface area (Å²) in [5.74, 6) is -1.96. The zero-order valence-electron chi connectivity index (χ0n) is 17.3. The van der Waals surface area contributed by atoms with E-state index in [0.717, 1.165) is 19.3 Å². The van der Waals surface area contributed by atoms with Gasteiger partial charge in [0.15, 0.2) is 0 Å². The van der Waals surface area contributed by atoms with Gasteiger partial charge in [-0.15, -0.1) is 0 Å². The van der Waals surface area contributed by atoms with Crippen LogP contribution in [0.1, 0.15) is 96.8 Å². The van der Waals surface area contributed by atoms with Gasteiger partial charge < -0.3 is 9.84 Å². The third-order valence-corrected chi connectivity index (χ3v) is 4.66. The molecule has 0 amide bonds. The van der Waals surface area contributed by atoms with Crippen LogP contribution in [0.5, 0.6) is 0 Å². The molecule has 1 N–H and O–H groups in total. The van der Waals surface area contributed by atoms with E-state index in [-0.39, 0.29) is 13.0 Å². The van der Waals surface area contributed by atoms with Crippen molar-refractivity contribution in [1.29, 1.82) is 0 Å². The molecular weight excluding hydrogens is 340 g/mol. The van der Waals surface area contributed by atoms with Gasteiger partial charge in [0.1, 0.15) is 6.61 Å². The fourth-order valence-corrected chi connectivity index (χ4v) is 3.06. The molecule has 0 saturated carbocycles. The second kappa shape index (κ2) is 19.2. The van der Waals surface area contributed by atoms with E-state index >= 15 is 0 Å². The van der Waals surface area contributed by atoms with Crippen LogP contribution in [0.3, 0.4) is 0 Å². The van der Waals surface area contributed by atoms with Crippen molar-refractivity contribution in [2.24, 2.45) is 5.92 Å². The molecule has 0 saturated heterocycles. The molecule has 1 unspecified atom stereocenters. The first kappa shape index (κ1) is 25.4. The highest BCUT2D eigenvalue weighted by molar-refractivity contribution is 5.79. The molecular formula is C23H40O4. The molecule has 0 fully saturated rings. The van der Waals surface area contributed by atoms with Crippen molar-refractivity contribution in [2.45, 2.75) is 96.8 Å². The summed E-state index contributed by atoms with van der Waals surface area (Å²) in [7, 11) is 0. The summed E-state index contributed by atoms with van der Waals surface area (Å²) in [6.45, 7) is 5.88. The Kier molecular flexibility index (Phi) is 18.1. The Morgan fingerprint density at radius 2 is 1.48 bits per heavy atom. The van der Waals surface area contributed by atoms with Crippen LogP contribution >= 0.6 is 0 Å². The first-order valence-corrected chi connectivity index (χ1v) is 10.8. The molecule has 0 aliphatic carbocycles. The number of carbonyl (C=O) groups excluding carboxylic acids is 1. The molecule has 0 aromatic rings. The molecule has 156 valence electrons. The lowest BCUT2D eigenvalue weighted by Crippen LogP contribution is -2.21. The van der Waals surface area contributed by atoms with E-state index in [9.17, 15) is 9.59 Å². The standard InChI is InChI=1S/C23H40O4/c1-3-5-6-7-8-9-10-11-12-13-14-15-16-17-18-21(20-22(24)25)23(26)27-19-4-2/h4,14-15,21H,2-3,5-13,16-20H2,1H3,(H,24,25)/b15-14+. The molecule has 0 aromatic heterocycles. The van der Waals surface area contributed by atoms with Crippen molar-refractivity contribution in [3.63, 3.8) is 0 Å². The predicted octanol–water partition coefficient (Wildman–Crippen LogP) is 6.45. The van der Waals surface area contributed by atoms with E-state index in [0.29, 0.717) is 6.42 Å². The average molecular weight is 381 g/mol. The molecule has 27 heavy (non-hydrogen) atoms. The summed E-state index contributed by atoms with van der Waals surface area (Å²) in [6, 6.07) is 0. The Labute approximate surface area is 166 Å². The van der Waals surface area contributed by atoms with Crippen molar-refractivity contribution in [3.8, 4) is 0 Å². The molecule has 0 rings (SSSR count). The van der Waals surface area contributed by atoms with Gasteiger partial charge in [-0.1, -0.05) is 83.1 Å². The topological polar surface area (TPSA) is 63.6 Å². The Morgan fingerprint density at radius 3 is 2.04 bits per heavy atom. The monoisotopic (exact) mass is 380 g/mol. The smallest absolute Gasteiger partial charge is 0.309 e. The maximum Gasteiger partial charge on any atom is 0.309 e. The molecule has 0 heterocycles. The van der Waals surface area contributed by atoms with E-state index in [2.05, 4.69) is 25.7 Å². The lowest BCUT2D eigenvalue weighted by Gasteiger charge is -2.12. The van der Waals surface area contributed by atoms with Crippen molar-refractivity contribution in [3.05, 3.63) is 24.8 Å². The van der Waals surface area contributed by atoms with Gasteiger partial charge in [-0.3, -0.25) is 9.59 Å². The van der Waals surface area contributed by atoms with Crippen LogP contribution in [0.15, 0.2) is 24.8 Å². The van der Waals surface area contributed by atoms with Gasteiger partial charge in [-0.05, 0) is 32.1 Å². The number of carbonyl (C=O) groups is 2. The van der Waals surface area contributed by atoms with E-state index in [1.165, 1.54) is 63.9 Å². The first-order valence-electron chi connectivity index (χ1n) is 10.8. The van der Waals surface area contributed by atoms with Crippen LogP contribution < -0.4 is 0 Å². The first-order chi connectivity index (χ1) is 13.1. The number of aliphatic carboxylic acids is 1. The Balaban J connectivity index is 3.68. The quantitative estimate of drug-likeness (QED) is 0.159. The SMILES string of the molecule is C=CCOC(=O)C(CCC/C=C/CCCCCCCCCCC)CC(=O)O. The van der Waals surface area contributed by atoms with Crippen LogP contribution in [0.2, 0.25) is 0 Å². The largest absolute Gasteiger partial charge is 0.481 e. The predicted molar refractivity (Wildman–Crippen MR) is 112 cm³/mol. The minimum Gasteiger partial charge on any atom is -0.481 e. The van der Waals surface area contributed by atoms with Crippen LogP contribution in [0, 0.1) is 5.92 Å². The third-order valence-electron chi connectivity index (χ3n) is 4.66. The molecule has 0 aliphatic heterocycles. The van der Waals surface area contributed by atoms with Crippen molar-refractivity contribution in [1.82, 2.24) is 0 Å². The summed E-state index contributed by atoms with van der Waals surface area (Å²) in [5.41, 5.74) is 0. The lowest BCUT2D eigenvalue weighted by molar-refractivity contribution is -0.152. The number of hydrogen-bond acceptors (Lipinski definition) is 3. The van der Waals surface area contributed by atoms with Crippen molar-refractivity contribution < 1.29 is 19.4 Å². The zero-order valence-corrected chi connectivity index (χ0v) is 17.3. The second-order valence-corrected chi connectivity index (χ2v) is 7.23. The summed E-state index contributed by atoms with van der Waals surface area (Å²) in [5, 5.41) is 8.93. The molecule has 4 nitrogen and oxygen atoms in total. The number of allylic oxidation sites excluding steroid dienone is 2. The van der Waals surface area contributed by atoms with Gasteiger partial charge in [0.25, 0.3) is 0 Å². The van der Waals surface area contributed by atoms with Gasteiger partial charge >= 0.3 is 11.9 Å². The van der Waals surface area contributed by atoms with Crippen LogP contribution in [-0.4, -0.2) is 23.7 Å². The summed E-state index contributed by atoms with van der Waals surface area (Å²) in [6.07, 6.45) is 21.1. The van der Waals surface area contributed by atoms with Gasteiger partial charge in [0.2, 0.25) is 0 Å². The second-order valence-electron chi connectivity index (χ2n) is 7.23. The van der Waals surface area contributed by atoms with Gasteiger partial charge in [0.05, 0.1) is 12.3 Å². The van der Waals surface area contributed by atoms with E-state index in [1.807, 2.05) is 0 Å². The lowest BCUT2D eigenvalue weighted by atomic mass is 9.98. The fourth-order valence-electron chi connectivity index (χ4n) is 3.06. The zero-order chi connectivity index (χ0) is 20.2.